The van der Waals surface area contributed by atoms with Gasteiger partial charge in [0.25, 0.3) is 0 Å². The van der Waals surface area contributed by atoms with E-state index in [0.717, 1.165) is 4.73 Å². The molecule has 3 heteroatoms. The summed E-state index contributed by atoms with van der Waals surface area (Å²) >= 11 is 0. The predicted octanol–water partition coefficient (Wildman–Crippen LogP) is 4.18. The Morgan fingerprint density at radius 1 is 0.850 bits per heavy atom. The van der Waals surface area contributed by atoms with Crippen molar-refractivity contribution in [2.24, 2.45) is 0 Å². The summed E-state index contributed by atoms with van der Waals surface area (Å²) in [6.45, 7) is 8.60. The van der Waals surface area contributed by atoms with Crippen LogP contribution in [0.3, 0.4) is 0 Å². The average molecular weight is 275 g/mol. The van der Waals surface area contributed by atoms with Crippen molar-refractivity contribution in [2.75, 3.05) is 0 Å². The summed E-state index contributed by atoms with van der Waals surface area (Å²) in [5.74, 6) is 1.15. The van der Waals surface area contributed by atoms with Gasteiger partial charge in [-0.15, -0.1) is 0 Å². The topological polar surface area (TPSA) is 37.0 Å². The third kappa shape index (κ3) is 6.32. The predicted molar refractivity (Wildman–Crippen MR) is 83.0 cm³/mol. The highest BCUT2D eigenvalue weighted by Gasteiger charge is 2.00. The zero-order chi connectivity index (χ0) is 14.3. The van der Waals surface area contributed by atoms with E-state index in [-0.39, 0.29) is 7.43 Å². The summed E-state index contributed by atoms with van der Waals surface area (Å²) in [6, 6.07) is 7.91. The number of pyridine rings is 2. The summed E-state index contributed by atoms with van der Waals surface area (Å²) < 4.78 is 1.05. The first-order valence-corrected chi connectivity index (χ1v) is 6.61. The number of aromatic nitrogens is 2. The SMILES string of the molecule is C.CC(C)c1cc[n+](O)cc1.CC(C)c1ccncc1. The third-order valence-corrected chi connectivity index (χ3v) is 2.88. The van der Waals surface area contributed by atoms with Crippen LogP contribution in [0.2, 0.25) is 0 Å². The fourth-order valence-electron chi connectivity index (χ4n) is 1.56. The average Bonchev–Trinajstić information content (AvgIpc) is 2.41. The van der Waals surface area contributed by atoms with Gasteiger partial charge < -0.3 is 0 Å². The minimum Gasteiger partial charge on any atom is -0.285 e. The molecule has 0 aliphatic heterocycles. The normalized spacial score (nSPS) is 9.70. The van der Waals surface area contributed by atoms with Gasteiger partial charge in [-0.3, -0.25) is 10.2 Å². The van der Waals surface area contributed by atoms with E-state index in [0.29, 0.717) is 11.8 Å². The van der Waals surface area contributed by atoms with Crippen LogP contribution in [0.5, 0.6) is 0 Å². The van der Waals surface area contributed by atoms with E-state index in [1.54, 1.807) is 12.4 Å². The standard InChI is InChI=1S/C8H12NO.C8H11N.CH4/c1-7(2)8-3-5-9(10)6-4-8;1-7(2)8-3-5-9-6-4-8;/h3-7,10H,1-2H3;3-7H,1-2H3;1H4/q+1;;. The minimum atomic E-state index is 0. The van der Waals surface area contributed by atoms with E-state index in [1.807, 2.05) is 36.7 Å². The minimum absolute atomic E-state index is 0. The second kappa shape index (κ2) is 9.08. The lowest BCUT2D eigenvalue weighted by atomic mass is 10.1. The van der Waals surface area contributed by atoms with Crippen LogP contribution in [0.1, 0.15) is 58.1 Å². The van der Waals surface area contributed by atoms with Gasteiger partial charge in [0.15, 0.2) is 0 Å². The van der Waals surface area contributed by atoms with Gasteiger partial charge in [-0.2, -0.15) is 0 Å². The summed E-state index contributed by atoms with van der Waals surface area (Å²) in [5, 5.41) is 8.86. The van der Waals surface area contributed by atoms with Crippen LogP contribution in [0.15, 0.2) is 49.1 Å². The molecule has 110 valence electrons. The Bertz CT molecular complexity index is 464. The van der Waals surface area contributed by atoms with Gasteiger partial charge >= 0.3 is 0 Å². The zero-order valence-corrected chi connectivity index (χ0v) is 12.1. The summed E-state index contributed by atoms with van der Waals surface area (Å²) in [6.07, 6.45) is 6.93. The maximum atomic E-state index is 8.86. The molecular formula is C17H27N2O+. The lowest BCUT2D eigenvalue weighted by Crippen LogP contribution is -2.28. The van der Waals surface area contributed by atoms with Crippen LogP contribution >= 0.6 is 0 Å². The number of nitrogens with zero attached hydrogens (tertiary/aromatic N) is 2. The Labute approximate surface area is 122 Å². The quantitative estimate of drug-likeness (QED) is 0.659. The van der Waals surface area contributed by atoms with Crippen LogP contribution in [0, 0.1) is 0 Å². The molecule has 2 aromatic rings. The Morgan fingerprint density at radius 2 is 1.25 bits per heavy atom. The van der Waals surface area contributed by atoms with E-state index in [4.69, 9.17) is 5.21 Å². The molecule has 2 rings (SSSR count). The molecule has 0 aliphatic rings. The van der Waals surface area contributed by atoms with E-state index in [2.05, 4.69) is 32.7 Å². The fraction of sp³-hybridized carbons (Fsp3) is 0.412. The molecule has 0 spiro atoms. The number of hydrogen-bond acceptors (Lipinski definition) is 2. The molecule has 0 bridgehead atoms. The zero-order valence-electron chi connectivity index (χ0n) is 12.1. The van der Waals surface area contributed by atoms with Crippen LogP contribution < -0.4 is 4.73 Å². The Morgan fingerprint density at radius 3 is 1.60 bits per heavy atom. The fourth-order valence-corrected chi connectivity index (χ4v) is 1.56. The molecule has 0 unspecified atom stereocenters. The Balaban J connectivity index is 0.000000345. The highest BCUT2D eigenvalue weighted by Crippen LogP contribution is 2.11. The number of hydrogen-bond donors (Lipinski definition) is 1. The molecule has 2 aromatic heterocycles. The van der Waals surface area contributed by atoms with Crippen LogP contribution in [0.4, 0.5) is 0 Å². The van der Waals surface area contributed by atoms with E-state index >= 15 is 0 Å². The van der Waals surface area contributed by atoms with Crippen molar-refractivity contribution in [3.63, 3.8) is 0 Å². The van der Waals surface area contributed by atoms with Gasteiger partial charge in [-0.1, -0.05) is 35.1 Å². The maximum absolute atomic E-state index is 8.86. The van der Waals surface area contributed by atoms with Crippen molar-refractivity contribution in [3.8, 4) is 0 Å². The summed E-state index contributed by atoms with van der Waals surface area (Å²) in [4.78, 5) is 3.93. The van der Waals surface area contributed by atoms with Gasteiger partial charge in [0.05, 0.1) is 0 Å². The highest BCUT2D eigenvalue weighted by atomic mass is 16.5. The summed E-state index contributed by atoms with van der Waals surface area (Å²) in [5.41, 5.74) is 2.59. The first-order chi connectivity index (χ1) is 9.00. The van der Waals surface area contributed by atoms with E-state index in [1.165, 1.54) is 11.1 Å². The van der Waals surface area contributed by atoms with Gasteiger partial charge in [-0.05, 0) is 35.1 Å². The van der Waals surface area contributed by atoms with Crippen molar-refractivity contribution in [1.82, 2.24) is 4.98 Å². The molecule has 0 radical (unpaired) electrons. The van der Waals surface area contributed by atoms with Crippen molar-refractivity contribution in [1.29, 1.82) is 0 Å². The van der Waals surface area contributed by atoms with Crippen molar-refractivity contribution in [3.05, 3.63) is 60.2 Å². The first-order valence-electron chi connectivity index (χ1n) is 6.61. The maximum Gasteiger partial charge on any atom is 0.222 e. The van der Waals surface area contributed by atoms with Crippen molar-refractivity contribution < 1.29 is 9.94 Å². The van der Waals surface area contributed by atoms with Gasteiger partial charge in [-0.25, -0.2) is 0 Å². The van der Waals surface area contributed by atoms with Gasteiger partial charge in [0, 0.05) is 29.3 Å². The molecule has 0 atom stereocenters. The van der Waals surface area contributed by atoms with Crippen LogP contribution in [-0.4, -0.2) is 10.2 Å². The molecule has 0 amide bonds. The molecule has 0 saturated carbocycles. The molecule has 3 nitrogen and oxygen atoms in total. The second-order valence-corrected chi connectivity index (χ2v) is 5.10. The smallest absolute Gasteiger partial charge is 0.222 e. The third-order valence-electron chi connectivity index (χ3n) is 2.88. The second-order valence-electron chi connectivity index (χ2n) is 5.10. The van der Waals surface area contributed by atoms with Gasteiger partial charge in [0.2, 0.25) is 12.4 Å². The number of rotatable bonds is 2. The molecule has 0 fully saturated rings. The lowest BCUT2D eigenvalue weighted by molar-refractivity contribution is -0.904. The molecular weight excluding hydrogens is 248 g/mol. The van der Waals surface area contributed by atoms with Crippen molar-refractivity contribution >= 4 is 0 Å². The molecule has 1 N–H and O–H groups in total. The molecule has 0 aliphatic carbocycles. The van der Waals surface area contributed by atoms with E-state index in [9.17, 15) is 0 Å². The van der Waals surface area contributed by atoms with Crippen LogP contribution in [0.25, 0.3) is 0 Å². The lowest BCUT2D eigenvalue weighted by Gasteiger charge is -2.01. The van der Waals surface area contributed by atoms with Crippen LogP contribution in [-0.2, 0) is 0 Å². The molecule has 20 heavy (non-hydrogen) atoms. The first kappa shape index (κ1) is 18.1. The largest absolute Gasteiger partial charge is 0.285 e. The molecule has 2 heterocycles. The molecule has 0 aromatic carbocycles. The summed E-state index contributed by atoms with van der Waals surface area (Å²) in [7, 11) is 0. The Hall–Kier alpha value is -1.90. The van der Waals surface area contributed by atoms with Gasteiger partial charge in [0.1, 0.15) is 0 Å². The van der Waals surface area contributed by atoms with Crippen molar-refractivity contribution in [2.45, 2.75) is 47.0 Å². The molecule has 0 saturated heterocycles. The highest BCUT2D eigenvalue weighted by molar-refractivity contribution is 5.13. The monoisotopic (exact) mass is 275 g/mol. The Kier molecular flexibility index (Phi) is 8.21. The van der Waals surface area contributed by atoms with E-state index < -0.39 is 0 Å².